The lowest BCUT2D eigenvalue weighted by atomic mass is 10.00. The largest absolute Gasteiger partial charge is 0.309 e. The van der Waals surface area contributed by atoms with Gasteiger partial charge in [-0.05, 0) is 68.3 Å². The second-order valence-electron chi connectivity index (χ2n) is 7.94. The zero-order valence-corrected chi connectivity index (χ0v) is 17.5. The van der Waals surface area contributed by atoms with Gasteiger partial charge in [-0.15, -0.1) is 0 Å². The average Bonchev–Trinajstić information content (AvgIpc) is 3.07. The maximum absolute atomic E-state index is 3.42. The van der Waals surface area contributed by atoms with E-state index in [0.717, 1.165) is 11.1 Å². The van der Waals surface area contributed by atoms with Gasteiger partial charge in [0.25, 0.3) is 0 Å². The third-order valence-electron chi connectivity index (χ3n) is 5.70. The average molecular weight is 386 g/mol. The molecular weight excluding hydrogens is 362 g/mol. The fourth-order valence-electron chi connectivity index (χ4n) is 4.42. The first-order valence-electron chi connectivity index (χ1n) is 10.3. The number of nitrogens with zero attached hydrogens (tertiary/aromatic N) is 1. The molecule has 0 aliphatic heterocycles. The van der Waals surface area contributed by atoms with Gasteiger partial charge in [0.2, 0.25) is 0 Å². The minimum atomic E-state index is 1.04. The van der Waals surface area contributed by atoms with Crippen molar-refractivity contribution in [2.45, 2.75) is 20.8 Å². The normalized spacial score (nSPS) is 10.9. The molecule has 0 bridgehead atoms. The lowest BCUT2D eigenvalue weighted by molar-refractivity contribution is 1.18. The Bertz CT molecular complexity index is 1430. The summed E-state index contributed by atoms with van der Waals surface area (Å²) in [4.78, 5) is 0. The quantitative estimate of drug-likeness (QED) is 0.271. The molecule has 1 aromatic heterocycles. The molecule has 144 valence electrons. The topological polar surface area (TPSA) is 4.93 Å². The molecule has 5 rings (SSSR count). The summed E-state index contributed by atoms with van der Waals surface area (Å²) in [5.41, 5.74) is 9.53. The molecule has 4 aromatic carbocycles. The molecule has 0 N–H and O–H groups in total. The zero-order chi connectivity index (χ0) is 20.7. The van der Waals surface area contributed by atoms with Gasteiger partial charge in [-0.25, -0.2) is 0 Å². The molecule has 0 atom stereocenters. The Hall–Kier alpha value is -3.76. The van der Waals surface area contributed by atoms with Gasteiger partial charge in [0.05, 0.1) is 11.0 Å². The Morgan fingerprint density at radius 3 is 2.03 bits per heavy atom. The SMILES string of the molecule is Cc1cc(C)c(C#Cc2ccc3c(c2)c2ccccc2n3-c2ccccc2)c(C)c1. The van der Waals surface area contributed by atoms with Crippen molar-refractivity contribution in [2.75, 3.05) is 0 Å². The summed E-state index contributed by atoms with van der Waals surface area (Å²) in [5, 5.41) is 2.49. The van der Waals surface area contributed by atoms with Crippen LogP contribution < -0.4 is 0 Å². The Balaban J connectivity index is 1.70. The highest BCUT2D eigenvalue weighted by Gasteiger charge is 2.11. The first-order chi connectivity index (χ1) is 14.6. The van der Waals surface area contributed by atoms with Crippen molar-refractivity contribution < 1.29 is 0 Å². The van der Waals surface area contributed by atoms with Crippen LogP contribution in [-0.2, 0) is 0 Å². The fourth-order valence-corrected chi connectivity index (χ4v) is 4.42. The van der Waals surface area contributed by atoms with E-state index in [1.165, 1.54) is 44.2 Å². The molecule has 30 heavy (non-hydrogen) atoms. The van der Waals surface area contributed by atoms with Gasteiger partial charge in [0.15, 0.2) is 0 Å². The Kier molecular flexibility index (Phi) is 4.42. The summed E-state index contributed by atoms with van der Waals surface area (Å²) in [6.45, 7) is 6.41. The second kappa shape index (κ2) is 7.25. The summed E-state index contributed by atoms with van der Waals surface area (Å²) in [5.74, 6) is 6.83. The predicted molar refractivity (Wildman–Crippen MR) is 127 cm³/mol. The summed E-state index contributed by atoms with van der Waals surface area (Å²) < 4.78 is 2.33. The third-order valence-corrected chi connectivity index (χ3v) is 5.70. The van der Waals surface area contributed by atoms with Crippen molar-refractivity contribution in [2.24, 2.45) is 0 Å². The number of hydrogen-bond donors (Lipinski definition) is 0. The second-order valence-corrected chi connectivity index (χ2v) is 7.94. The van der Waals surface area contributed by atoms with E-state index in [1.54, 1.807) is 0 Å². The lowest BCUT2D eigenvalue weighted by Crippen LogP contribution is -1.92. The molecule has 0 amide bonds. The maximum Gasteiger partial charge on any atom is 0.0541 e. The van der Waals surface area contributed by atoms with E-state index < -0.39 is 0 Å². The monoisotopic (exact) mass is 385 g/mol. The van der Waals surface area contributed by atoms with E-state index in [0.29, 0.717) is 0 Å². The number of benzene rings is 4. The first-order valence-corrected chi connectivity index (χ1v) is 10.3. The minimum Gasteiger partial charge on any atom is -0.309 e. The van der Waals surface area contributed by atoms with Crippen LogP contribution in [0.3, 0.4) is 0 Å². The van der Waals surface area contributed by atoms with Gasteiger partial charge < -0.3 is 4.57 Å². The van der Waals surface area contributed by atoms with E-state index in [-0.39, 0.29) is 0 Å². The molecule has 0 saturated heterocycles. The van der Waals surface area contributed by atoms with Crippen LogP contribution in [-0.4, -0.2) is 4.57 Å². The molecule has 0 saturated carbocycles. The minimum absolute atomic E-state index is 1.04. The van der Waals surface area contributed by atoms with Crippen LogP contribution in [0.4, 0.5) is 0 Å². The number of aromatic nitrogens is 1. The molecule has 0 unspecified atom stereocenters. The van der Waals surface area contributed by atoms with Crippen LogP contribution in [0.2, 0.25) is 0 Å². The Morgan fingerprint density at radius 1 is 0.600 bits per heavy atom. The third kappa shape index (κ3) is 3.08. The highest BCUT2D eigenvalue weighted by Crippen LogP contribution is 2.32. The fraction of sp³-hybridized carbons (Fsp3) is 0.103. The summed E-state index contributed by atoms with van der Waals surface area (Å²) in [6, 6.07) is 30.1. The number of hydrogen-bond acceptors (Lipinski definition) is 0. The number of fused-ring (bicyclic) bond motifs is 3. The van der Waals surface area contributed by atoms with Crippen molar-refractivity contribution >= 4 is 21.8 Å². The van der Waals surface area contributed by atoms with E-state index in [1.807, 2.05) is 0 Å². The van der Waals surface area contributed by atoms with Crippen LogP contribution >= 0.6 is 0 Å². The van der Waals surface area contributed by atoms with E-state index >= 15 is 0 Å². The molecule has 0 aliphatic rings. The summed E-state index contributed by atoms with van der Waals surface area (Å²) in [6.07, 6.45) is 0. The molecule has 1 heteroatoms. The van der Waals surface area contributed by atoms with Crippen molar-refractivity contribution in [3.63, 3.8) is 0 Å². The highest BCUT2D eigenvalue weighted by atomic mass is 15.0. The van der Waals surface area contributed by atoms with E-state index in [4.69, 9.17) is 0 Å². The molecule has 0 spiro atoms. The number of aryl methyl sites for hydroxylation is 3. The van der Waals surface area contributed by atoms with Gasteiger partial charge in [-0.2, -0.15) is 0 Å². The van der Waals surface area contributed by atoms with Gasteiger partial charge >= 0.3 is 0 Å². The molecule has 0 aliphatic carbocycles. The van der Waals surface area contributed by atoms with E-state index in [2.05, 4.69) is 122 Å². The molecule has 0 fully saturated rings. The summed E-state index contributed by atoms with van der Waals surface area (Å²) in [7, 11) is 0. The zero-order valence-electron chi connectivity index (χ0n) is 17.5. The van der Waals surface area contributed by atoms with Gasteiger partial charge in [0, 0.05) is 27.6 Å². The van der Waals surface area contributed by atoms with Crippen molar-refractivity contribution in [1.29, 1.82) is 0 Å². The number of rotatable bonds is 1. The van der Waals surface area contributed by atoms with Crippen molar-refractivity contribution in [3.8, 4) is 17.5 Å². The van der Waals surface area contributed by atoms with Crippen LogP contribution in [0.5, 0.6) is 0 Å². The molecule has 5 aromatic rings. The van der Waals surface area contributed by atoms with Gasteiger partial charge in [-0.1, -0.05) is 65.9 Å². The molecular formula is C29H23N. The summed E-state index contributed by atoms with van der Waals surface area (Å²) >= 11 is 0. The predicted octanol–water partition coefficient (Wildman–Crippen LogP) is 7.11. The van der Waals surface area contributed by atoms with Crippen LogP contribution in [0.25, 0.3) is 27.5 Å². The van der Waals surface area contributed by atoms with Crippen LogP contribution in [0, 0.1) is 32.6 Å². The Labute approximate surface area is 177 Å². The Morgan fingerprint density at radius 2 is 1.27 bits per heavy atom. The van der Waals surface area contributed by atoms with Crippen molar-refractivity contribution in [1.82, 2.24) is 4.57 Å². The van der Waals surface area contributed by atoms with Gasteiger partial charge in [-0.3, -0.25) is 0 Å². The highest BCUT2D eigenvalue weighted by molar-refractivity contribution is 6.09. The number of para-hydroxylation sites is 2. The smallest absolute Gasteiger partial charge is 0.0541 e. The van der Waals surface area contributed by atoms with Crippen molar-refractivity contribution in [3.05, 3.63) is 113 Å². The lowest BCUT2D eigenvalue weighted by Gasteiger charge is -2.07. The molecule has 0 radical (unpaired) electrons. The van der Waals surface area contributed by atoms with Gasteiger partial charge in [0.1, 0.15) is 0 Å². The molecule has 1 nitrogen and oxygen atoms in total. The van der Waals surface area contributed by atoms with Crippen LogP contribution in [0.15, 0.2) is 84.9 Å². The van der Waals surface area contributed by atoms with E-state index in [9.17, 15) is 0 Å². The first kappa shape index (κ1) is 18.3. The molecule has 1 heterocycles. The standard InChI is InChI=1S/C29H23N/c1-20-17-21(2)25(22(3)18-20)15-13-23-14-16-29-27(19-23)26-11-7-8-12-28(26)30(29)24-9-5-4-6-10-24/h4-12,14,16-19H,1-3H3. The maximum atomic E-state index is 3.42. The van der Waals surface area contributed by atoms with Crippen LogP contribution in [0.1, 0.15) is 27.8 Å².